The van der Waals surface area contributed by atoms with Gasteiger partial charge in [-0.1, -0.05) is 0 Å². The van der Waals surface area contributed by atoms with E-state index in [4.69, 9.17) is 5.73 Å². The Morgan fingerprint density at radius 2 is 1.87 bits per heavy atom. The average Bonchev–Trinajstić information content (AvgIpc) is 2.09. The van der Waals surface area contributed by atoms with Crippen molar-refractivity contribution in [3.8, 4) is 0 Å². The predicted octanol–water partition coefficient (Wildman–Crippen LogP) is 0.753. The molecule has 0 bridgehead atoms. The summed E-state index contributed by atoms with van der Waals surface area (Å²) in [5.74, 6) is -2.77. The molecule has 82 valence electrons. The van der Waals surface area contributed by atoms with Gasteiger partial charge in [-0.2, -0.15) is 0 Å². The molecule has 4 nitrogen and oxygen atoms in total. The van der Waals surface area contributed by atoms with Gasteiger partial charge in [0.15, 0.2) is 11.6 Å². The minimum atomic E-state index is -1.10. The Morgan fingerprint density at radius 1 is 1.33 bits per heavy atom. The molecule has 3 N–H and O–H groups in total. The number of carbonyl (C=O) groups is 1. The van der Waals surface area contributed by atoms with Crippen LogP contribution in [0.2, 0.25) is 0 Å². The lowest BCUT2D eigenvalue weighted by atomic mass is 10.1. The van der Waals surface area contributed by atoms with Crippen LogP contribution in [0.3, 0.4) is 0 Å². The number of hydrogen-bond acceptors (Lipinski definition) is 3. The Labute approximate surface area is 85.6 Å². The molecule has 1 amide bonds. The summed E-state index contributed by atoms with van der Waals surface area (Å²) in [7, 11) is 3.18. The number of nitrogens with two attached hydrogens (primary N) is 1. The maximum absolute atomic E-state index is 12.8. The molecule has 1 aromatic carbocycles. The quantitative estimate of drug-likeness (QED) is 0.565. The largest absolute Gasteiger partial charge is 0.398 e. The number of nitrogen functional groups attached to an aromatic ring is 1. The summed E-state index contributed by atoms with van der Waals surface area (Å²) in [5, 5.41) is 1.38. The summed E-state index contributed by atoms with van der Waals surface area (Å²) in [4.78, 5) is 11.4. The van der Waals surface area contributed by atoms with E-state index in [-0.39, 0.29) is 11.3 Å². The monoisotopic (exact) mass is 215 g/mol. The smallest absolute Gasteiger partial charge is 0.267 e. The lowest BCUT2D eigenvalue weighted by Gasteiger charge is -2.13. The third kappa shape index (κ3) is 2.63. The molecule has 0 saturated heterocycles. The van der Waals surface area contributed by atoms with Gasteiger partial charge in [0.2, 0.25) is 0 Å². The maximum Gasteiger partial charge on any atom is 0.267 e. The maximum atomic E-state index is 12.8. The number of nitrogens with one attached hydrogen (secondary N) is 1. The van der Waals surface area contributed by atoms with E-state index in [0.29, 0.717) is 0 Å². The fraction of sp³-hybridized carbons (Fsp3) is 0.222. The molecule has 0 aliphatic carbocycles. The van der Waals surface area contributed by atoms with Gasteiger partial charge >= 0.3 is 0 Å². The molecular weight excluding hydrogens is 204 g/mol. The van der Waals surface area contributed by atoms with Crippen LogP contribution in [0.15, 0.2) is 12.1 Å². The Hall–Kier alpha value is -1.69. The molecule has 1 aromatic rings. The highest BCUT2D eigenvalue weighted by molar-refractivity contribution is 5.98. The number of nitrogens with zero attached hydrogens (tertiary/aromatic N) is 1. The van der Waals surface area contributed by atoms with Crippen molar-refractivity contribution in [1.82, 2.24) is 10.4 Å². The standard InChI is InChI=1S/C9H11F2N3O/c1-14(2)13-9(15)5-3-6(10)7(11)4-8(5)12/h3-4H,12H2,1-2H3,(H,13,15). The summed E-state index contributed by atoms with van der Waals surface area (Å²) in [6.07, 6.45) is 0. The van der Waals surface area contributed by atoms with Crippen LogP contribution in [0.4, 0.5) is 14.5 Å². The molecule has 0 aliphatic heterocycles. The van der Waals surface area contributed by atoms with Crippen molar-refractivity contribution in [2.75, 3.05) is 19.8 Å². The molecule has 0 radical (unpaired) electrons. The highest BCUT2D eigenvalue weighted by atomic mass is 19.2. The number of hydrogen-bond donors (Lipinski definition) is 2. The SMILES string of the molecule is CN(C)NC(=O)c1cc(F)c(F)cc1N. The van der Waals surface area contributed by atoms with E-state index in [0.717, 1.165) is 12.1 Å². The molecule has 15 heavy (non-hydrogen) atoms. The van der Waals surface area contributed by atoms with Gasteiger partial charge in [-0.3, -0.25) is 10.2 Å². The van der Waals surface area contributed by atoms with Crippen LogP contribution in [0.1, 0.15) is 10.4 Å². The lowest BCUT2D eigenvalue weighted by Crippen LogP contribution is -2.36. The van der Waals surface area contributed by atoms with Gasteiger partial charge in [0.05, 0.1) is 5.56 Å². The Balaban J connectivity index is 3.04. The van der Waals surface area contributed by atoms with Gasteiger partial charge in [-0.25, -0.2) is 13.8 Å². The van der Waals surface area contributed by atoms with E-state index < -0.39 is 17.5 Å². The topological polar surface area (TPSA) is 58.4 Å². The second-order valence-corrected chi connectivity index (χ2v) is 3.19. The summed E-state index contributed by atoms with van der Waals surface area (Å²) in [5.41, 5.74) is 7.55. The number of rotatable bonds is 2. The fourth-order valence-corrected chi connectivity index (χ4v) is 1.02. The molecule has 0 atom stereocenters. The molecule has 0 heterocycles. The van der Waals surface area contributed by atoms with Gasteiger partial charge in [0.1, 0.15) is 0 Å². The molecule has 0 aromatic heterocycles. The fourth-order valence-electron chi connectivity index (χ4n) is 1.02. The number of carbonyl (C=O) groups excluding carboxylic acids is 1. The van der Waals surface area contributed by atoms with Crippen molar-refractivity contribution < 1.29 is 13.6 Å². The zero-order chi connectivity index (χ0) is 11.6. The zero-order valence-corrected chi connectivity index (χ0v) is 8.34. The van der Waals surface area contributed by atoms with Gasteiger partial charge in [0.25, 0.3) is 5.91 Å². The first-order valence-corrected chi connectivity index (χ1v) is 4.14. The molecule has 6 heteroatoms. The Bertz CT molecular complexity index is 393. The van der Waals surface area contributed by atoms with Crippen LogP contribution in [0, 0.1) is 11.6 Å². The minimum absolute atomic E-state index is 0.0948. The van der Waals surface area contributed by atoms with Crippen LogP contribution >= 0.6 is 0 Å². The van der Waals surface area contributed by atoms with Crippen LogP contribution in [-0.4, -0.2) is 25.0 Å². The highest BCUT2D eigenvalue weighted by Gasteiger charge is 2.14. The second-order valence-electron chi connectivity index (χ2n) is 3.19. The predicted molar refractivity (Wildman–Crippen MR) is 51.9 cm³/mol. The van der Waals surface area contributed by atoms with Gasteiger partial charge in [-0.15, -0.1) is 0 Å². The van der Waals surface area contributed by atoms with E-state index in [1.807, 2.05) is 0 Å². The molecule has 1 rings (SSSR count). The average molecular weight is 215 g/mol. The van der Waals surface area contributed by atoms with Gasteiger partial charge < -0.3 is 5.73 Å². The summed E-state index contributed by atoms with van der Waals surface area (Å²) in [6.45, 7) is 0. The Kier molecular flexibility index (Phi) is 3.21. The zero-order valence-electron chi connectivity index (χ0n) is 8.34. The van der Waals surface area contributed by atoms with E-state index in [1.165, 1.54) is 5.01 Å². The van der Waals surface area contributed by atoms with Crippen LogP contribution in [0.5, 0.6) is 0 Å². The van der Waals surface area contributed by atoms with Crippen molar-refractivity contribution in [3.05, 3.63) is 29.3 Å². The summed E-state index contributed by atoms with van der Waals surface area (Å²) in [6, 6.07) is 1.55. The first kappa shape index (κ1) is 11.4. The highest BCUT2D eigenvalue weighted by Crippen LogP contribution is 2.16. The first-order chi connectivity index (χ1) is 6.91. The van der Waals surface area contributed by atoms with E-state index in [1.54, 1.807) is 14.1 Å². The third-order valence-electron chi connectivity index (χ3n) is 1.66. The van der Waals surface area contributed by atoms with Crippen LogP contribution in [-0.2, 0) is 0 Å². The van der Waals surface area contributed by atoms with Crippen molar-refractivity contribution in [1.29, 1.82) is 0 Å². The number of benzene rings is 1. The second kappa shape index (κ2) is 4.22. The van der Waals surface area contributed by atoms with Crippen molar-refractivity contribution >= 4 is 11.6 Å². The third-order valence-corrected chi connectivity index (χ3v) is 1.66. The molecule has 0 unspecified atom stereocenters. The van der Waals surface area contributed by atoms with E-state index in [2.05, 4.69) is 5.43 Å². The lowest BCUT2D eigenvalue weighted by molar-refractivity contribution is 0.0857. The van der Waals surface area contributed by atoms with Gasteiger partial charge in [-0.05, 0) is 6.07 Å². The number of halogens is 2. The minimum Gasteiger partial charge on any atom is -0.398 e. The number of anilines is 1. The Morgan fingerprint density at radius 3 is 2.40 bits per heavy atom. The van der Waals surface area contributed by atoms with Crippen LogP contribution in [0.25, 0.3) is 0 Å². The van der Waals surface area contributed by atoms with Crippen LogP contribution < -0.4 is 11.2 Å². The summed E-state index contributed by atoms with van der Waals surface area (Å²) >= 11 is 0. The molecule has 0 fully saturated rings. The van der Waals surface area contributed by atoms with Crippen molar-refractivity contribution in [2.24, 2.45) is 0 Å². The number of amides is 1. The molecular formula is C9H11F2N3O. The normalized spacial score (nSPS) is 10.5. The van der Waals surface area contributed by atoms with E-state index in [9.17, 15) is 13.6 Å². The number of hydrazine groups is 1. The first-order valence-electron chi connectivity index (χ1n) is 4.14. The van der Waals surface area contributed by atoms with Crippen molar-refractivity contribution in [3.63, 3.8) is 0 Å². The van der Waals surface area contributed by atoms with E-state index >= 15 is 0 Å². The summed E-state index contributed by atoms with van der Waals surface area (Å²) < 4.78 is 25.5. The van der Waals surface area contributed by atoms with Gasteiger partial charge in [0, 0.05) is 25.8 Å². The van der Waals surface area contributed by atoms with Crippen molar-refractivity contribution in [2.45, 2.75) is 0 Å². The molecule has 0 aliphatic rings. The molecule has 0 saturated carbocycles. The molecule has 0 spiro atoms.